The minimum Gasteiger partial charge on any atom is -0.354 e. The minimum absolute atomic E-state index is 0.0837. The van der Waals surface area contributed by atoms with Gasteiger partial charge in [0.2, 0.25) is 5.91 Å². The highest BCUT2D eigenvalue weighted by molar-refractivity contribution is 7.40. The quantitative estimate of drug-likeness (QED) is 0.126. The molecule has 1 saturated heterocycles. The molecule has 0 aromatic carbocycles. The van der Waals surface area contributed by atoms with E-state index in [9.17, 15) is 18.9 Å². The molecular weight excluding hydrogens is 360 g/mol. The van der Waals surface area contributed by atoms with Crippen molar-refractivity contribution in [2.45, 2.75) is 58.0 Å². The van der Waals surface area contributed by atoms with Gasteiger partial charge in [0.15, 0.2) is 6.04 Å². The third-order valence-corrected chi connectivity index (χ3v) is 4.32. The van der Waals surface area contributed by atoms with Crippen LogP contribution in [0.1, 0.15) is 46.0 Å². The van der Waals surface area contributed by atoms with Gasteiger partial charge in [-0.1, -0.05) is 29.5 Å². The molecule has 3 N–H and O–H groups in total. The third-order valence-electron chi connectivity index (χ3n) is 4.03. The lowest BCUT2D eigenvalue weighted by atomic mass is 10.0. The standard InChI is InChI=1S/C16H29FN5O3P/c1-3-5-8-18-13(23)12-14(24)20-11(15(25)22(12)10-4-2)7-6-9-19-16(26)21-17/h11-12H,3-10,26H2,1-2H3,(H,18,23)(H,19,21)(H,20,24). The molecule has 1 fully saturated rings. The highest BCUT2D eigenvalue weighted by Gasteiger charge is 2.43. The van der Waals surface area contributed by atoms with E-state index in [1.807, 2.05) is 13.8 Å². The van der Waals surface area contributed by atoms with Crippen molar-refractivity contribution in [3.05, 3.63) is 0 Å². The molecule has 0 bridgehead atoms. The number of halogens is 1. The topological polar surface area (TPSA) is 103 Å². The van der Waals surface area contributed by atoms with E-state index in [-0.39, 0.29) is 11.5 Å². The highest BCUT2D eigenvalue weighted by atomic mass is 31.0. The van der Waals surface area contributed by atoms with Crippen LogP contribution in [0.2, 0.25) is 0 Å². The number of hydrogen-bond donors (Lipinski definition) is 3. The number of carbonyl (C=O) groups is 3. The lowest BCUT2D eigenvalue weighted by Gasteiger charge is -2.38. The lowest BCUT2D eigenvalue weighted by Crippen LogP contribution is -2.67. The van der Waals surface area contributed by atoms with Gasteiger partial charge in [-0.15, -0.1) is 4.48 Å². The van der Waals surface area contributed by atoms with E-state index < -0.39 is 23.9 Å². The predicted octanol–water partition coefficient (Wildman–Crippen LogP) is 0.494. The predicted molar refractivity (Wildman–Crippen MR) is 101 cm³/mol. The van der Waals surface area contributed by atoms with Crippen LogP contribution in [0.4, 0.5) is 4.48 Å². The van der Waals surface area contributed by atoms with Crippen LogP contribution in [0.5, 0.6) is 0 Å². The molecule has 3 atom stereocenters. The summed E-state index contributed by atoms with van der Waals surface area (Å²) in [6.07, 6.45) is 3.27. The van der Waals surface area contributed by atoms with Crippen LogP contribution >= 0.6 is 9.24 Å². The van der Waals surface area contributed by atoms with Crippen molar-refractivity contribution in [1.29, 1.82) is 0 Å². The monoisotopic (exact) mass is 389 g/mol. The van der Waals surface area contributed by atoms with Gasteiger partial charge in [0.1, 0.15) is 11.6 Å². The SMILES string of the molecule is CCCCNC(=O)C1C(=O)NC(CCCN=C(P)NF)C(=O)N1CCC. The van der Waals surface area contributed by atoms with Crippen LogP contribution in [-0.2, 0) is 14.4 Å². The van der Waals surface area contributed by atoms with Crippen molar-refractivity contribution >= 4 is 32.5 Å². The van der Waals surface area contributed by atoms with Crippen LogP contribution in [0.25, 0.3) is 0 Å². The summed E-state index contributed by atoms with van der Waals surface area (Å²) in [4.78, 5) is 42.8. The molecule has 3 unspecified atom stereocenters. The largest absolute Gasteiger partial charge is 0.354 e. The number of piperazine rings is 1. The molecule has 148 valence electrons. The molecule has 3 amide bonds. The van der Waals surface area contributed by atoms with Crippen LogP contribution < -0.4 is 16.2 Å². The molecule has 1 rings (SSSR count). The van der Waals surface area contributed by atoms with Crippen molar-refractivity contribution in [3.8, 4) is 0 Å². The smallest absolute Gasteiger partial charge is 0.253 e. The molecule has 0 radical (unpaired) electrons. The molecule has 0 aromatic heterocycles. The Balaban J connectivity index is 2.72. The molecule has 8 nitrogen and oxygen atoms in total. The number of carbonyl (C=O) groups excluding carboxylic acids is 3. The van der Waals surface area contributed by atoms with Crippen molar-refractivity contribution in [2.24, 2.45) is 4.99 Å². The van der Waals surface area contributed by atoms with Crippen LogP contribution in [0.3, 0.4) is 0 Å². The third kappa shape index (κ3) is 6.52. The van der Waals surface area contributed by atoms with Gasteiger partial charge in [-0.05, 0) is 25.7 Å². The first kappa shape index (κ1) is 22.3. The second kappa shape index (κ2) is 11.8. The van der Waals surface area contributed by atoms with Crippen LogP contribution in [0.15, 0.2) is 4.99 Å². The molecule has 1 aliphatic heterocycles. The van der Waals surface area contributed by atoms with E-state index in [2.05, 4.69) is 24.9 Å². The zero-order valence-electron chi connectivity index (χ0n) is 15.4. The Morgan fingerprint density at radius 2 is 2.04 bits per heavy atom. The summed E-state index contributed by atoms with van der Waals surface area (Å²) in [5.41, 5.74) is 1.49. The number of nitrogens with zero attached hydrogens (tertiary/aromatic N) is 2. The number of hydrogen-bond acceptors (Lipinski definition) is 4. The summed E-state index contributed by atoms with van der Waals surface area (Å²) in [6.45, 7) is 5.04. The Hall–Kier alpha value is -1.76. The number of rotatable bonds is 10. The first-order chi connectivity index (χ1) is 12.5. The Morgan fingerprint density at radius 1 is 1.31 bits per heavy atom. The van der Waals surface area contributed by atoms with Gasteiger partial charge in [-0.25, -0.2) is 5.54 Å². The summed E-state index contributed by atoms with van der Waals surface area (Å²) in [7, 11) is 2.11. The van der Waals surface area contributed by atoms with Crippen molar-refractivity contribution in [3.63, 3.8) is 0 Å². The summed E-state index contributed by atoms with van der Waals surface area (Å²) in [5, 5.41) is 5.37. The number of unbranched alkanes of at least 4 members (excludes halogenated alkanes) is 1. The van der Waals surface area contributed by atoms with E-state index in [4.69, 9.17) is 0 Å². The maximum atomic E-state index is 12.7. The van der Waals surface area contributed by atoms with E-state index in [0.717, 1.165) is 12.8 Å². The molecule has 0 spiro atoms. The van der Waals surface area contributed by atoms with Gasteiger partial charge in [0.05, 0.1) is 0 Å². The Labute approximate surface area is 155 Å². The van der Waals surface area contributed by atoms with E-state index in [1.165, 1.54) is 10.4 Å². The molecule has 1 aliphatic rings. The van der Waals surface area contributed by atoms with Gasteiger partial charge < -0.3 is 15.5 Å². The Kier molecular flexibility index (Phi) is 10.1. The van der Waals surface area contributed by atoms with Crippen molar-refractivity contribution < 1.29 is 18.9 Å². The van der Waals surface area contributed by atoms with Gasteiger partial charge in [0, 0.05) is 19.6 Å². The summed E-state index contributed by atoms with van der Waals surface area (Å²) in [5.74, 6) is -1.17. The van der Waals surface area contributed by atoms with Gasteiger partial charge >= 0.3 is 0 Å². The molecule has 1 heterocycles. The lowest BCUT2D eigenvalue weighted by molar-refractivity contribution is -0.154. The average molecular weight is 389 g/mol. The van der Waals surface area contributed by atoms with Crippen LogP contribution in [0, 0.1) is 0 Å². The number of amidine groups is 1. The summed E-state index contributed by atoms with van der Waals surface area (Å²) in [6, 6.07) is -1.81. The zero-order valence-corrected chi connectivity index (χ0v) is 16.5. The maximum absolute atomic E-state index is 12.7. The van der Waals surface area contributed by atoms with E-state index in [1.54, 1.807) is 0 Å². The fraction of sp³-hybridized carbons (Fsp3) is 0.750. The van der Waals surface area contributed by atoms with E-state index in [0.29, 0.717) is 38.9 Å². The fourth-order valence-corrected chi connectivity index (χ4v) is 2.86. The summed E-state index contributed by atoms with van der Waals surface area (Å²) >= 11 is 0. The number of aliphatic imine (C=N–C) groups is 1. The van der Waals surface area contributed by atoms with Crippen molar-refractivity contribution in [1.82, 2.24) is 21.1 Å². The second-order valence-corrected chi connectivity index (χ2v) is 6.69. The van der Waals surface area contributed by atoms with E-state index >= 15 is 0 Å². The molecular formula is C16H29FN5O3P. The Bertz CT molecular complexity index is 532. The fourth-order valence-electron chi connectivity index (χ4n) is 2.73. The minimum atomic E-state index is -1.12. The van der Waals surface area contributed by atoms with Gasteiger partial charge in [0.25, 0.3) is 11.8 Å². The maximum Gasteiger partial charge on any atom is 0.253 e. The summed E-state index contributed by atoms with van der Waals surface area (Å²) < 4.78 is 12.1. The zero-order chi connectivity index (χ0) is 19.5. The molecule has 0 aromatic rings. The average Bonchev–Trinajstić information content (AvgIpc) is 2.62. The number of nitrogens with one attached hydrogen (secondary N) is 3. The highest BCUT2D eigenvalue weighted by Crippen LogP contribution is 2.15. The normalized spacial score (nSPS) is 20.8. The second-order valence-electron chi connectivity index (χ2n) is 6.14. The Morgan fingerprint density at radius 3 is 2.65 bits per heavy atom. The van der Waals surface area contributed by atoms with Crippen LogP contribution in [-0.4, -0.2) is 59.9 Å². The number of amides is 3. The molecule has 0 saturated carbocycles. The molecule has 0 aliphatic carbocycles. The first-order valence-corrected chi connectivity index (χ1v) is 9.59. The molecule has 26 heavy (non-hydrogen) atoms. The van der Waals surface area contributed by atoms with Gasteiger partial charge in [-0.2, -0.15) is 0 Å². The van der Waals surface area contributed by atoms with Gasteiger partial charge in [-0.3, -0.25) is 19.4 Å². The molecule has 10 heteroatoms. The van der Waals surface area contributed by atoms with Crippen molar-refractivity contribution in [2.75, 3.05) is 19.6 Å². The first-order valence-electron chi connectivity index (χ1n) is 9.01.